The van der Waals surface area contributed by atoms with Crippen LogP contribution in [0.2, 0.25) is 0 Å². The van der Waals surface area contributed by atoms with E-state index in [9.17, 15) is 14.4 Å². The molecule has 0 spiro atoms. The van der Waals surface area contributed by atoms with Crippen LogP contribution in [0.5, 0.6) is 0 Å². The van der Waals surface area contributed by atoms with Crippen LogP contribution in [0.25, 0.3) is 0 Å². The molecular weight excluding hydrogens is 412 g/mol. The second-order valence-corrected chi connectivity index (χ2v) is 9.23. The maximum atomic E-state index is 13.4. The van der Waals surface area contributed by atoms with Crippen molar-refractivity contribution >= 4 is 17.7 Å². The molecule has 186 valence electrons. The van der Waals surface area contributed by atoms with Crippen LogP contribution in [-0.2, 0) is 23.9 Å². The van der Waals surface area contributed by atoms with Gasteiger partial charge in [0, 0.05) is 40.3 Å². The van der Waals surface area contributed by atoms with E-state index in [4.69, 9.17) is 20.9 Å². The first kappa shape index (κ1) is 28.3. The average molecular weight is 457 g/mol. The Balaban J connectivity index is 3.06. The highest BCUT2D eigenvalue weighted by molar-refractivity contribution is 5.80. The van der Waals surface area contributed by atoms with Gasteiger partial charge in [-0.1, -0.05) is 27.2 Å². The van der Waals surface area contributed by atoms with E-state index in [0.717, 1.165) is 19.3 Å². The maximum Gasteiger partial charge on any atom is 0.225 e. The van der Waals surface area contributed by atoms with Crippen molar-refractivity contribution in [3.05, 3.63) is 0 Å². The second kappa shape index (κ2) is 13.1. The van der Waals surface area contributed by atoms with Crippen LogP contribution in [0.1, 0.15) is 59.8 Å². The van der Waals surface area contributed by atoms with Crippen LogP contribution in [0.15, 0.2) is 0 Å². The molecule has 9 nitrogen and oxygen atoms in total. The summed E-state index contributed by atoms with van der Waals surface area (Å²) in [4.78, 5) is 41.3. The largest absolute Gasteiger partial charge is 0.379 e. The van der Waals surface area contributed by atoms with Gasteiger partial charge in [0.05, 0.1) is 36.6 Å². The third-order valence-electron chi connectivity index (χ3n) is 6.84. The number of methoxy groups -OCH3 is 2. The summed E-state index contributed by atoms with van der Waals surface area (Å²) in [5, 5.41) is 0. The number of amides is 3. The van der Waals surface area contributed by atoms with Gasteiger partial charge in [0.2, 0.25) is 17.7 Å². The number of hydrogen-bond donors (Lipinski definition) is 2. The lowest BCUT2D eigenvalue weighted by molar-refractivity contribution is -0.145. The fourth-order valence-corrected chi connectivity index (χ4v) is 4.76. The van der Waals surface area contributed by atoms with Crippen molar-refractivity contribution in [3.8, 4) is 0 Å². The van der Waals surface area contributed by atoms with Crippen LogP contribution >= 0.6 is 0 Å². The van der Waals surface area contributed by atoms with Crippen molar-refractivity contribution < 1.29 is 23.9 Å². The SMILES string of the molecule is CCC(C)C(C(CC(=O)N1CCCC1C(OC)C(C)C(N)=O)OC)N(C)C(=O)CC(C)N. The first-order valence-electron chi connectivity index (χ1n) is 11.7. The van der Waals surface area contributed by atoms with Crippen molar-refractivity contribution in [2.45, 2.75) is 90.1 Å². The normalized spacial score (nSPS) is 22.0. The molecule has 9 heteroatoms. The fourth-order valence-electron chi connectivity index (χ4n) is 4.76. The summed E-state index contributed by atoms with van der Waals surface area (Å²) in [7, 11) is 4.87. The van der Waals surface area contributed by atoms with Crippen LogP contribution in [0.4, 0.5) is 0 Å². The van der Waals surface area contributed by atoms with Gasteiger partial charge in [-0.15, -0.1) is 0 Å². The lowest BCUT2D eigenvalue weighted by Crippen LogP contribution is -2.53. The minimum Gasteiger partial charge on any atom is -0.379 e. The van der Waals surface area contributed by atoms with Gasteiger partial charge in [-0.25, -0.2) is 0 Å². The highest BCUT2D eigenvalue weighted by atomic mass is 16.5. The van der Waals surface area contributed by atoms with E-state index in [1.54, 1.807) is 44.9 Å². The van der Waals surface area contributed by atoms with Gasteiger partial charge < -0.3 is 30.7 Å². The predicted octanol–water partition coefficient (Wildman–Crippen LogP) is 1.13. The number of carbonyl (C=O) groups excluding carboxylic acids is 3. The Hall–Kier alpha value is -1.71. The van der Waals surface area contributed by atoms with Gasteiger partial charge in [0.25, 0.3) is 0 Å². The van der Waals surface area contributed by atoms with Crippen LogP contribution < -0.4 is 11.5 Å². The number of rotatable bonds is 13. The number of hydrogen-bond acceptors (Lipinski definition) is 6. The molecule has 0 saturated carbocycles. The molecule has 0 aromatic carbocycles. The Kier molecular flexibility index (Phi) is 11.6. The zero-order chi connectivity index (χ0) is 24.6. The number of nitrogens with zero attached hydrogens (tertiary/aromatic N) is 2. The Morgan fingerprint density at radius 2 is 1.75 bits per heavy atom. The third-order valence-corrected chi connectivity index (χ3v) is 6.84. The molecule has 1 aliphatic heterocycles. The minimum atomic E-state index is -0.508. The molecular formula is C23H44N4O5. The van der Waals surface area contributed by atoms with E-state index in [-0.39, 0.29) is 48.7 Å². The molecule has 0 aromatic rings. The van der Waals surface area contributed by atoms with Crippen LogP contribution in [-0.4, -0.2) is 85.7 Å². The molecule has 0 aromatic heterocycles. The lowest BCUT2D eigenvalue weighted by Gasteiger charge is -2.39. The molecule has 0 bridgehead atoms. The van der Waals surface area contributed by atoms with Gasteiger partial charge in [0.15, 0.2) is 0 Å². The Labute approximate surface area is 193 Å². The van der Waals surface area contributed by atoms with Crippen molar-refractivity contribution in [3.63, 3.8) is 0 Å². The summed E-state index contributed by atoms with van der Waals surface area (Å²) in [5.41, 5.74) is 11.3. The molecule has 7 atom stereocenters. The lowest BCUT2D eigenvalue weighted by atomic mass is 9.90. The molecule has 3 amide bonds. The number of primary amides is 1. The topological polar surface area (TPSA) is 128 Å². The summed E-state index contributed by atoms with van der Waals surface area (Å²) in [6, 6.07) is -0.718. The number of carbonyl (C=O) groups is 3. The van der Waals surface area contributed by atoms with E-state index in [1.807, 2.05) is 0 Å². The van der Waals surface area contributed by atoms with Crippen molar-refractivity contribution in [2.75, 3.05) is 27.8 Å². The minimum absolute atomic E-state index is 0.0615. The zero-order valence-electron chi connectivity index (χ0n) is 20.9. The Morgan fingerprint density at radius 3 is 2.22 bits per heavy atom. The maximum absolute atomic E-state index is 13.4. The van der Waals surface area contributed by atoms with E-state index < -0.39 is 24.0 Å². The average Bonchev–Trinajstić information content (AvgIpc) is 3.22. The monoisotopic (exact) mass is 456 g/mol. The first-order chi connectivity index (χ1) is 15.0. The Morgan fingerprint density at radius 1 is 1.12 bits per heavy atom. The highest BCUT2D eigenvalue weighted by Crippen LogP contribution is 2.29. The number of likely N-dealkylation sites (tertiary alicyclic amines) is 1. The fraction of sp³-hybridized carbons (Fsp3) is 0.870. The molecule has 0 radical (unpaired) electrons. The third kappa shape index (κ3) is 7.15. The quantitative estimate of drug-likeness (QED) is 0.427. The molecule has 32 heavy (non-hydrogen) atoms. The number of ether oxygens (including phenoxy) is 2. The molecule has 1 heterocycles. The van der Waals surface area contributed by atoms with Crippen molar-refractivity contribution in [1.82, 2.24) is 9.80 Å². The molecule has 0 aliphatic carbocycles. The van der Waals surface area contributed by atoms with Crippen LogP contribution in [0, 0.1) is 11.8 Å². The summed E-state index contributed by atoms with van der Waals surface area (Å²) in [5.74, 6) is -0.956. The molecule has 1 rings (SSSR count). The standard InChI is InChI=1S/C23H44N4O5/c1-8-14(2)21(26(5)19(28)12-15(3)24)18(31-6)13-20(29)27-11-9-10-17(27)22(32-7)16(4)23(25)30/h14-18,21-22H,8-13,24H2,1-7H3,(H2,25,30). The zero-order valence-corrected chi connectivity index (χ0v) is 20.9. The molecule has 4 N–H and O–H groups in total. The summed E-state index contributed by atoms with van der Waals surface area (Å²) in [6.45, 7) is 8.24. The Bertz CT molecular complexity index is 630. The molecule has 7 unspecified atom stereocenters. The van der Waals surface area contributed by atoms with Gasteiger partial charge >= 0.3 is 0 Å². The molecule has 1 saturated heterocycles. The number of likely N-dealkylation sites (N-methyl/N-ethyl adjacent to an activating group) is 1. The highest BCUT2D eigenvalue weighted by Gasteiger charge is 2.41. The second-order valence-electron chi connectivity index (χ2n) is 9.23. The van der Waals surface area contributed by atoms with E-state index in [0.29, 0.717) is 6.54 Å². The van der Waals surface area contributed by atoms with E-state index in [2.05, 4.69) is 13.8 Å². The molecule has 1 fully saturated rings. The van der Waals surface area contributed by atoms with E-state index >= 15 is 0 Å². The molecule has 1 aliphatic rings. The van der Waals surface area contributed by atoms with Gasteiger partial charge in [-0.2, -0.15) is 0 Å². The predicted molar refractivity (Wildman–Crippen MR) is 124 cm³/mol. The van der Waals surface area contributed by atoms with Gasteiger partial charge in [0.1, 0.15) is 0 Å². The summed E-state index contributed by atoms with van der Waals surface area (Å²) in [6.07, 6.45) is 1.88. The summed E-state index contributed by atoms with van der Waals surface area (Å²) < 4.78 is 11.4. The van der Waals surface area contributed by atoms with Crippen molar-refractivity contribution in [2.24, 2.45) is 23.3 Å². The number of nitrogens with two attached hydrogens (primary N) is 2. The van der Waals surface area contributed by atoms with Crippen molar-refractivity contribution in [1.29, 1.82) is 0 Å². The van der Waals surface area contributed by atoms with Gasteiger partial charge in [-0.3, -0.25) is 14.4 Å². The summed E-state index contributed by atoms with van der Waals surface area (Å²) >= 11 is 0. The van der Waals surface area contributed by atoms with Crippen LogP contribution in [0.3, 0.4) is 0 Å². The first-order valence-corrected chi connectivity index (χ1v) is 11.7. The van der Waals surface area contributed by atoms with Gasteiger partial charge in [-0.05, 0) is 25.7 Å². The smallest absolute Gasteiger partial charge is 0.225 e. The van der Waals surface area contributed by atoms with E-state index in [1.165, 1.54) is 0 Å².